The van der Waals surface area contributed by atoms with E-state index in [-0.39, 0.29) is 23.4 Å². The predicted octanol–water partition coefficient (Wildman–Crippen LogP) is 5.54. The summed E-state index contributed by atoms with van der Waals surface area (Å²) in [5.74, 6) is -1.18. The Labute approximate surface area is 178 Å². The number of ether oxygens (including phenoxy) is 3. The zero-order chi connectivity index (χ0) is 22.5. The maximum Gasteiger partial charge on any atom is 0.330 e. The molecule has 1 saturated heterocycles. The zero-order valence-electron chi connectivity index (χ0n) is 19.5. The van der Waals surface area contributed by atoms with Gasteiger partial charge in [0.05, 0.1) is 18.3 Å². The fourth-order valence-corrected chi connectivity index (χ4v) is 4.41. The van der Waals surface area contributed by atoms with E-state index in [1.807, 2.05) is 26.0 Å². The van der Waals surface area contributed by atoms with E-state index >= 15 is 0 Å². The predicted molar refractivity (Wildman–Crippen MR) is 120 cm³/mol. The van der Waals surface area contributed by atoms with Crippen LogP contribution in [0.3, 0.4) is 0 Å². The zero-order valence-corrected chi connectivity index (χ0v) is 20.5. The van der Waals surface area contributed by atoms with Crippen molar-refractivity contribution in [1.29, 1.82) is 0 Å². The lowest BCUT2D eigenvalue weighted by Gasteiger charge is -2.45. The summed E-state index contributed by atoms with van der Waals surface area (Å²) in [7, 11) is -1.91. The van der Waals surface area contributed by atoms with Gasteiger partial charge in [0.15, 0.2) is 14.1 Å². The largest absolute Gasteiger partial charge is 0.455 e. The van der Waals surface area contributed by atoms with E-state index in [1.165, 1.54) is 0 Å². The minimum atomic E-state index is -1.91. The summed E-state index contributed by atoms with van der Waals surface area (Å²) in [6.45, 7) is 24.3. The van der Waals surface area contributed by atoms with Crippen LogP contribution < -0.4 is 0 Å². The van der Waals surface area contributed by atoms with Crippen LogP contribution in [0.15, 0.2) is 37.5 Å². The highest BCUT2D eigenvalue weighted by Crippen LogP contribution is 2.39. The highest BCUT2D eigenvalue weighted by atomic mass is 28.4. The van der Waals surface area contributed by atoms with E-state index in [0.29, 0.717) is 12.8 Å². The first-order chi connectivity index (χ1) is 13.2. The van der Waals surface area contributed by atoms with Crippen molar-refractivity contribution in [3.05, 3.63) is 37.5 Å². The van der Waals surface area contributed by atoms with Gasteiger partial charge in [-0.25, -0.2) is 4.79 Å². The third-order valence-electron chi connectivity index (χ3n) is 5.52. The van der Waals surface area contributed by atoms with E-state index in [2.05, 4.69) is 53.9 Å². The van der Waals surface area contributed by atoms with Crippen LogP contribution in [0.1, 0.15) is 54.4 Å². The van der Waals surface area contributed by atoms with Gasteiger partial charge in [-0.15, -0.1) is 6.58 Å². The van der Waals surface area contributed by atoms with Crippen molar-refractivity contribution >= 4 is 14.3 Å². The van der Waals surface area contributed by atoms with E-state index in [4.69, 9.17) is 18.6 Å². The van der Waals surface area contributed by atoms with Crippen LogP contribution in [0.5, 0.6) is 0 Å². The Morgan fingerprint density at radius 3 is 2.41 bits per heavy atom. The SMILES string of the molecule is C=CC[C@H](/C=C\[C@@H]1C[C@H]([C@H](C)O[Si](C)(C)C(C)(C)C)OC(C)(C)O1)OC(=O)C=C. The first-order valence-electron chi connectivity index (χ1n) is 10.4. The minimum Gasteiger partial charge on any atom is -0.455 e. The van der Waals surface area contributed by atoms with Gasteiger partial charge in [-0.1, -0.05) is 39.5 Å². The molecule has 1 aliphatic heterocycles. The lowest BCUT2D eigenvalue weighted by molar-refractivity contribution is -0.301. The second-order valence-corrected chi connectivity index (χ2v) is 14.4. The van der Waals surface area contributed by atoms with Gasteiger partial charge < -0.3 is 18.6 Å². The Kier molecular flexibility index (Phi) is 9.08. The monoisotopic (exact) mass is 424 g/mol. The molecule has 0 unspecified atom stereocenters. The summed E-state index contributed by atoms with van der Waals surface area (Å²) >= 11 is 0. The average Bonchev–Trinajstić information content (AvgIpc) is 2.57. The lowest BCUT2D eigenvalue weighted by Crippen LogP contribution is -2.52. The molecule has 5 nitrogen and oxygen atoms in total. The van der Waals surface area contributed by atoms with Gasteiger partial charge in [-0.3, -0.25) is 0 Å². The van der Waals surface area contributed by atoms with Crippen molar-refractivity contribution in [1.82, 2.24) is 0 Å². The molecule has 0 aromatic carbocycles. The first-order valence-corrected chi connectivity index (χ1v) is 13.3. The van der Waals surface area contributed by atoms with Gasteiger partial charge >= 0.3 is 5.97 Å². The Hall–Kier alpha value is -1.21. The summed E-state index contributed by atoms with van der Waals surface area (Å²) in [6, 6.07) is 0. The van der Waals surface area contributed by atoms with Crippen LogP contribution in [-0.4, -0.2) is 44.5 Å². The molecule has 29 heavy (non-hydrogen) atoms. The summed E-state index contributed by atoms with van der Waals surface area (Å²) in [5, 5.41) is 0.133. The Bertz CT molecular complexity index is 603. The molecule has 0 spiro atoms. The molecule has 166 valence electrons. The molecule has 0 aliphatic carbocycles. The van der Waals surface area contributed by atoms with Gasteiger partial charge in [0.25, 0.3) is 0 Å². The molecular weight excluding hydrogens is 384 g/mol. The molecule has 0 N–H and O–H groups in total. The van der Waals surface area contributed by atoms with Crippen LogP contribution in [0.25, 0.3) is 0 Å². The lowest BCUT2D eigenvalue weighted by atomic mass is 10.0. The van der Waals surface area contributed by atoms with Crippen molar-refractivity contribution < 1.29 is 23.4 Å². The third-order valence-corrected chi connectivity index (χ3v) is 10.1. The van der Waals surface area contributed by atoms with E-state index < -0.39 is 26.2 Å². The summed E-state index contributed by atoms with van der Waals surface area (Å²) in [5.41, 5.74) is 0. The molecule has 0 bridgehead atoms. The second kappa shape index (κ2) is 10.2. The van der Waals surface area contributed by atoms with Gasteiger partial charge in [0.2, 0.25) is 0 Å². The van der Waals surface area contributed by atoms with Gasteiger partial charge in [-0.2, -0.15) is 0 Å². The maximum absolute atomic E-state index is 11.5. The standard InChI is InChI=1S/C23H40O5Si/c1-11-13-18(25-21(24)12-2)14-15-19-16-20(27-23(7,8)26-19)17(3)28-29(9,10)22(4,5)6/h11-12,14-15,17-20H,1-2,13,16H2,3-10H3/b15-14-/t17-,18+,19+,20+/m0/s1. The first kappa shape index (κ1) is 25.8. The van der Waals surface area contributed by atoms with Crippen molar-refractivity contribution in [2.75, 3.05) is 0 Å². The van der Waals surface area contributed by atoms with Crippen LogP contribution in [0.2, 0.25) is 18.1 Å². The molecular formula is C23H40O5Si. The van der Waals surface area contributed by atoms with Crippen LogP contribution in [0, 0.1) is 0 Å². The fraction of sp³-hybridized carbons (Fsp3) is 0.696. The van der Waals surface area contributed by atoms with Crippen LogP contribution in [-0.2, 0) is 23.4 Å². The van der Waals surface area contributed by atoms with Crippen molar-refractivity contribution in [2.24, 2.45) is 0 Å². The Morgan fingerprint density at radius 1 is 1.28 bits per heavy atom. The van der Waals surface area contributed by atoms with Gasteiger partial charge in [-0.05, 0) is 45.0 Å². The van der Waals surface area contributed by atoms with E-state index in [9.17, 15) is 4.79 Å². The molecule has 0 aromatic heterocycles. The topological polar surface area (TPSA) is 54.0 Å². The van der Waals surface area contributed by atoms with Crippen LogP contribution >= 0.6 is 0 Å². The second-order valence-electron chi connectivity index (χ2n) is 9.62. The quantitative estimate of drug-likeness (QED) is 0.211. The molecule has 1 aliphatic rings. The molecule has 1 fully saturated rings. The molecule has 6 heteroatoms. The molecule has 4 atom stereocenters. The van der Waals surface area contributed by atoms with Crippen LogP contribution in [0.4, 0.5) is 0 Å². The van der Waals surface area contributed by atoms with Crippen molar-refractivity contribution in [2.45, 2.75) is 103 Å². The fourth-order valence-electron chi connectivity index (χ4n) is 2.98. The van der Waals surface area contributed by atoms with Gasteiger partial charge in [0.1, 0.15) is 6.10 Å². The molecule has 0 saturated carbocycles. The summed E-state index contributed by atoms with van der Waals surface area (Å²) in [6.07, 6.45) is 7.19. The Balaban J connectivity index is 2.89. The number of carbonyl (C=O) groups excluding carboxylic acids is 1. The number of hydrogen-bond acceptors (Lipinski definition) is 5. The molecule has 0 radical (unpaired) electrons. The highest BCUT2D eigenvalue weighted by Gasteiger charge is 2.43. The minimum absolute atomic E-state index is 0.0440. The normalized spacial score (nSPS) is 24.7. The summed E-state index contributed by atoms with van der Waals surface area (Å²) in [4.78, 5) is 11.5. The number of esters is 1. The van der Waals surface area contributed by atoms with E-state index in [1.54, 1.807) is 6.08 Å². The van der Waals surface area contributed by atoms with E-state index in [0.717, 1.165) is 6.08 Å². The molecule has 0 amide bonds. The number of carbonyl (C=O) groups is 1. The highest BCUT2D eigenvalue weighted by molar-refractivity contribution is 6.74. The molecule has 0 aromatic rings. The smallest absolute Gasteiger partial charge is 0.330 e. The number of hydrogen-bond donors (Lipinski definition) is 0. The summed E-state index contributed by atoms with van der Waals surface area (Å²) < 4.78 is 24.2. The van der Waals surface area contributed by atoms with Gasteiger partial charge in [0, 0.05) is 18.9 Å². The average molecular weight is 425 g/mol. The third kappa shape index (κ3) is 8.20. The molecule has 1 rings (SSSR count). The molecule has 1 heterocycles. The van der Waals surface area contributed by atoms with Crippen molar-refractivity contribution in [3.63, 3.8) is 0 Å². The Morgan fingerprint density at radius 2 is 1.90 bits per heavy atom. The van der Waals surface area contributed by atoms with Crippen molar-refractivity contribution in [3.8, 4) is 0 Å². The number of rotatable bonds is 9. The maximum atomic E-state index is 11.5.